The minimum Gasteiger partial charge on any atom is -0.459 e. The van der Waals surface area contributed by atoms with Crippen LogP contribution in [0.4, 0.5) is 11.8 Å². The van der Waals surface area contributed by atoms with Gasteiger partial charge in [0.1, 0.15) is 23.1 Å². The number of nitrogens with one attached hydrogen (secondary N) is 2. The summed E-state index contributed by atoms with van der Waals surface area (Å²) in [5.41, 5.74) is 1.03. The normalized spacial score (nSPS) is 15.4. The van der Waals surface area contributed by atoms with Crippen molar-refractivity contribution in [1.82, 2.24) is 15.3 Å². The number of para-hydroxylation sites is 1. The average molecular weight is 500 g/mol. The molecule has 184 valence electrons. The van der Waals surface area contributed by atoms with E-state index in [1.54, 1.807) is 0 Å². The topological polar surface area (TPSA) is 75.5 Å². The zero-order valence-electron chi connectivity index (χ0n) is 20.2. The molecule has 3 heterocycles. The van der Waals surface area contributed by atoms with E-state index < -0.39 is 0 Å². The lowest BCUT2D eigenvalue weighted by Crippen LogP contribution is -2.35. The molecule has 0 bridgehead atoms. The van der Waals surface area contributed by atoms with Crippen molar-refractivity contribution in [2.45, 2.75) is 26.3 Å². The van der Waals surface area contributed by atoms with E-state index in [-0.39, 0.29) is 0 Å². The zero-order chi connectivity index (χ0) is 24.7. The summed E-state index contributed by atoms with van der Waals surface area (Å²) in [6.07, 6.45) is 2.36. The Balaban J connectivity index is 1.28. The molecule has 0 aliphatic carbocycles. The minimum atomic E-state index is 0.388. The van der Waals surface area contributed by atoms with E-state index in [2.05, 4.69) is 27.4 Å². The summed E-state index contributed by atoms with van der Waals surface area (Å²) in [4.78, 5) is 11.6. The molecular formula is C28H29N5O2S. The summed E-state index contributed by atoms with van der Waals surface area (Å²) < 4.78 is 12.0. The number of furan rings is 1. The van der Waals surface area contributed by atoms with E-state index >= 15 is 0 Å². The molecule has 1 aliphatic rings. The SMILES string of the molecule is CC1CCCN(c2cc(Oc3ccccc3)nc(NC(=S)NCc3ccc(-c4ccccc4)o3)n2)C1. The van der Waals surface area contributed by atoms with E-state index in [9.17, 15) is 0 Å². The molecule has 1 fully saturated rings. The highest BCUT2D eigenvalue weighted by Gasteiger charge is 2.20. The average Bonchev–Trinajstić information content (AvgIpc) is 3.38. The van der Waals surface area contributed by atoms with Crippen molar-refractivity contribution in [3.05, 3.63) is 84.6 Å². The lowest BCUT2D eigenvalue weighted by molar-refractivity contribution is 0.440. The van der Waals surface area contributed by atoms with Crippen LogP contribution in [0, 0.1) is 5.92 Å². The van der Waals surface area contributed by atoms with E-state index in [0.29, 0.717) is 35.2 Å². The van der Waals surface area contributed by atoms with E-state index in [4.69, 9.17) is 26.4 Å². The molecular weight excluding hydrogens is 470 g/mol. The predicted molar refractivity (Wildman–Crippen MR) is 146 cm³/mol. The number of aromatic nitrogens is 2. The zero-order valence-corrected chi connectivity index (χ0v) is 21.0. The van der Waals surface area contributed by atoms with E-state index in [0.717, 1.165) is 42.4 Å². The van der Waals surface area contributed by atoms with E-state index in [1.165, 1.54) is 6.42 Å². The molecule has 4 aromatic rings. The van der Waals surface area contributed by atoms with Crippen LogP contribution >= 0.6 is 12.2 Å². The highest BCUT2D eigenvalue weighted by atomic mass is 32.1. The first kappa shape index (κ1) is 23.8. The van der Waals surface area contributed by atoms with Crippen LogP contribution < -0.4 is 20.3 Å². The van der Waals surface area contributed by atoms with Gasteiger partial charge in [0.05, 0.1) is 6.54 Å². The molecule has 1 atom stereocenters. The summed E-state index contributed by atoms with van der Waals surface area (Å²) >= 11 is 5.53. The first-order chi connectivity index (χ1) is 17.6. The standard InChI is InChI=1S/C28H29N5O2S/c1-20-9-8-16-33(19-20)25-17-26(35-22-12-6-3-7-13-22)31-27(30-25)32-28(36)29-18-23-14-15-24(34-23)21-10-4-2-5-11-21/h2-7,10-15,17,20H,8-9,16,18-19H2,1H3,(H2,29,30,31,32,36). The Morgan fingerprint density at radius 2 is 1.83 bits per heavy atom. The predicted octanol–water partition coefficient (Wildman–Crippen LogP) is 6.25. The van der Waals surface area contributed by atoms with Crippen molar-refractivity contribution < 1.29 is 9.15 Å². The van der Waals surface area contributed by atoms with Crippen LogP contribution in [0.15, 0.2) is 83.3 Å². The fraction of sp³-hybridized carbons (Fsp3) is 0.250. The Labute approximate surface area is 216 Å². The van der Waals surface area contributed by atoms with Crippen molar-refractivity contribution in [3.63, 3.8) is 0 Å². The number of hydrogen-bond donors (Lipinski definition) is 2. The number of piperidine rings is 1. The monoisotopic (exact) mass is 499 g/mol. The quantitative estimate of drug-likeness (QED) is 0.289. The van der Waals surface area contributed by atoms with Gasteiger partial charge in [-0.2, -0.15) is 9.97 Å². The summed E-state index contributed by atoms with van der Waals surface area (Å²) in [5, 5.41) is 6.70. The van der Waals surface area contributed by atoms with Gasteiger partial charge in [0.15, 0.2) is 5.11 Å². The third-order valence-electron chi connectivity index (χ3n) is 6.00. The second-order valence-corrected chi connectivity index (χ2v) is 9.34. The first-order valence-corrected chi connectivity index (χ1v) is 12.6. The molecule has 2 aromatic heterocycles. The van der Waals surface area contributed by atoms with Gasteiger partial charge in [0, 0.05) is 24.7 Å². The number of hydrogen-bond acceptors (Lipinski definition) is 6. The molecule has 7 nitrogen and oxygen atoms in total. The van der Waals surface area contributed by atoms with Gasteiger partial charge in [-0.3, -0.25) is 0 Å². The van der Waals surface area contributed by atoms with Crippen LogP contribution in [0.25, 0.3) is 11.3 Å². The minimum absolute atomic E-state index is 0.388. The first-order valence-electron chi connectivity index (χ1n) is 12.2. The third kappa shape index (κ3) is 6.20. The Morgan fingerprint density at radius 1 is 1.06 bits per heavy atom. The summed E-state index contributed by atoms with van der Waals surface area (Å²) in [6.45, 7) is 4.61. The molecule has 2 aromatic carbocycles. The number of thiocarbonyl (C=S) groups is 1. The van der Waals surface area contributed by atoms with Crippen LogP contribution in [0.3, 0.4) is 0 Å². The molecule has 1 saturated heterocycles. The fourth-order valence-electron chi connectivity index (χ4n) is 4.23. The maximum absolute atomic E-state index is 6.04. The largest absolute Gasteiger partial charge is 0.459 e. The highest BCUT2D eigenvalue weighted by molar-refractivity contribution is 7.80. The number of anilines is 2. The van der Waals surface area contributed by atoms with Gasteiger partial charge in [-0.1, -0.05) is 55.5 Å². The Hall–Kier alpha value is -3.91. The molecule has 0 radical (unpaired) electrons. The van der Waals surface area contributed by atoms with Gasteiger partial charge in [-0.25, -0.2) is 0 Å². The number of benzene rings is 2. The molecule has 1 unspecified atom stereocenters. The lowest BCUT2D eigenvalue weighted by atomic mass is 10.0. The molecule has 36 heavy (non-hydrogen) atoms. The third-order valence-corrected chi connectivity index (χ3v) is 6.25. The Bertz CT molecular complexity index is 1300. The smallest absolute Gasteiger partial charge is 0.234 e. The van der Waals surface area contributed by atoms with Gasteiger partial charge in [-0.15, -0.1) is 0 Å². The highest BCUT2D eigenvalue weighted by Crippen LogP contribution is 2.28. The summed E-state index contributed by atoms with van der Waals surface area (Å²) in [7, 11) is 0. The molecule has 0 amide bonds. The molecule has 0 saturated carbocycles. The van der Waals surface area contributed by atoms with Crippen molar-refractivity contribution in [3.8, 4) is 23.0 Å². The van der Waals surface area contributed by atoms with Crippen LogP contribution in [0.5, 0.6) is 11.6 Å². The second kappa shape index (κ2) is 11.2. The van der Waals surface area contributed by atoms with Crippen LogP contribution in [0.1, 0.15) is 25.5 Å². The molecule has 8 heteroatoms. The van der Waals surface area contributed by atoms with E-state index in [1.807, 2.05) is 78.9 Å². The maximum atomic E-state index is 6.04. The molecule has 2 N–H and O–H groups in total. The van der Waals surface area contributed by atoms with Crippen LogP contribution in [0.2, 0.25) is 0 Å². The summed E-state index contributed by atoms with van der Waals surface area (Å²) in [5.74, 6) is 4.61. The van der Waals surface area contributed by atoms with Crippen LogP contribution in [-0.4, -0.2) is 28.2 Å². The molecule has 0 spiro atoms. The molecule has 1 aliphatic heterocycles. The van der Waals surface area contributed by atoms with Gasteiger partial charge in [-0.05, 0) is 55.2 Å². The van der Waals surface area contributed by atoms with Gasteiger partial charge in [0.25, 0.3) is 0 Å². The van der Waals surface area contributed by atoms with Crippen molar-refractivity contribution in [2.24, 2.45) is 5.92 Å². The Kier molecular flexibility index (Phi) is 7.42. The summed E-state index contributed by atoms with van der Waals surface area (Å²) in [6, 6.07) is 25.4. The van der Waals surface area contributed by atoms with Crippen molar-refractivity contribution >= 4 is 29.1 Å². The van der Waals surface area contributed by atoms with Crippen LogP contribution in [-0.2, 0) is 6.54 Å². The van der Waals surface area contributed by atoms with Gasteiger partial charge < -0.3 is 24.7 Å². The van der Waals surface area contributed by atoms with Crippen molar-refractivity contribution in [2.75, 3.05) is 23.3 Å². The number of nitrogens with zero attached hydrogens (tertiary/aromatic N) is 3. The van der Waals surface area contributed by atoms with Gasteiger partial charge >= 0.3 is 0 Å². The number of ether oxygens (including phenoxy) is 1. The lowest BCUT2D eigenvalue weighted by Gasteiger charge is -2.32. The van der Waals surface area contributed by atoms with Crippen molar-refractivity contribution in [1.29, 1.82) is 0 Å². The second-order valence-electron chi connectivity index (χ2n) is 8.94. The maximum Gasteiger partial charge on any atom is 0.234 e. The molecule has 5 rings (SSSR count). The van der Waals surface area contributed by atoms with Gasteiger partial charge in [0.2, 0.25) is 11.8 Å². The fourth-order valence-corrected chi connectivity index (χ4v) is 4.40. The Morgan fingerprint density at radius 3 is 2.61 bits per heavy atom. The number of rotatable bonds is 7.